The first-order chi connectivity index (χ1) is 20.8. The maximum Gasteiger partial charge on any atom is 0.0895 e. The third-order valence-corrected chi connectivity index (χ3v) is 9.16. The van der Waals surface area contributed by atoms with Gasteiger partial charge in [-0.05, 0) is 52.6 Å². The van der Waals surface area contributed by atoms with E-state index in [9.17, 15) is 0 Å². The van der Waals surface area contributed by atoms with Gasteiger partial charge < -0.3 is 4.90 Å². The van der Waals surface area contributed by atoms with E-state index in [0.717, 1.165) is 22.6 Å². The lowest BCUT2D eigenvalue weighted by Gasteiger charge is -2.26. The fraction of sp³-hybridized carbons (Fsp3) is 0. The van der Waals surface area contributed by atoms with E-state index in [2.05, 4.69) is 157 Å². The van der Waals surface area contributed by atoms with E-state index < -0.39 is 0 Å². The van der Waals surface area contributed by atoms with E-state index >= 15 is 0 Å². The molecule has 0 aliphatic carbocycles. The van der Waals surface area contributed by atoms with Gasteiger partial charge in [0, 0.05) is 33.7 Å². The molecule has 0 aliphatic heterocycles. The van der Waals surface area contributed by atoms with Crippen LogP contribution in [0.1, 0.15) is 0 Å². The Kier molecular flexibility index (Phi) is 6.02. The predicted molar refractivity (Wildman–Crippen MR) is 180 cm³/mol. The molecule has 0 unspecified atom stereocenters. The highest BCUT2D eigenvalue weighted by atomic mass is 32.1. The number of hydrogen-bond donors (Lipinski definition) is 0. The zero-order valence-electron chi connectivity index (χ0n) is 22.8. The molecule has 2 aromatic heterocycles. The van der Waals surface area contributed by atoms with E-state index in [1.807, 2.05) is 17.5 Å². The van der Waals surface area contributed by atoms with Crippen molar-refractivity contribution in [2.45, 2.75) is 0 Å². The Morgan fingerprint density at radius 1 is 0.429 bits per heavy atom. The summed E-state index contributed by atoms with van der Waals surface area (Å²) in [6.07, 6.45) is 2.00. The van der Waals surface area contributed by atoms with Gasteiger partial charge in [-0.1, -0.05) is 121 Å². The lowest BCUT2D eigenvalue weighted by atomic mass is 10.0. The molecule has 0 amide bonds. The number of hydrogen-bond acceptors (Lipinski definition) is 3. The minimum Gasteiger partial charge on any atom is -0.309 e. The van der Waals surface area contributed by atoms with E-state index in [0.29, 0.717) is 0 Å². The Morgan fingerprint density at radius 3 is 1.57 bits per heavy atom. The molecular formula is C39H26N2S. The van der Waals surface area contributed by atoms with Crippen LogP contribution in [0.4, 0.5) is 17.1 Å². The highest BCUT2D eigenvalue weighted by Gasteiger charge is 2.19. The average molecular weight is 555 g/mol. The predicted octanol–water partition coefficient (Wildman–Crippen LogP) is 11.4. The molecule has 0 radical (unpaired) electrons. The van der Waals surface area contributed by atoms with Crippen molar-refractivity contribution in [3.05, 3.63) is 158 Å². The fourth-order valence-electron chi connectivity index (χ4n) is 5.82. The van der Waals surface area contributed by atoms with E-state index in [1.54, 1.807) is 0 Å². The molecule has 6 aromatic carbocycles. The summed E-state index contributed by atoms with van der Waals surface area (Å²) < 4.78 is 2.46. The van der Waals surface area contributed by atoms with Crippen LogP contribution in [0, 0.1) is 0 Å². The largest absolute Gasteiger partial charge is 0.309 e. The van der Waals surface area contributed by atoms with Gasteiger partial charge in [-0.25, -0.2) is 0 Å². The Bertz CT molecular complexity index is 2080. The van der Waals surface area contributed by atoms with Crippen molar-refractivity contribution < 1.29 is 0 Å². The van der Waals surface area contributed by atoms with Crippen LogP contribution in [0.25, 0.3) is 53.3 Å². The average Bonchev–Trinajstić information content (AvgIpc) is 3.47. The van der Waals surface area contributed by atoms with Gasteiger partial charge in [-0.3, -0.25) is 4.98 Å². The zero-order chi connectivity index (χ0) is 27.9. The number of anilines is 3. The van der Waals surface area contributed by atoms with Crippen molar-refractivity contribution in [3.63, 3.8) is 0 Å². The fourth-order valence-corrected chi connectivity index (χ4v) is 7.12. The molecule has 0 saturated heterocycles. The van der Waals surface area contributed by atoms with Crippen molar-refractivity contribution in [2.75, 3.05) is 4.90 Å². The first kappa shape index (κ1) is 24.5. The third-order valence-electron chi connectivity index (χ3n) is 7.91. The van der Waals surface area contributed by atoms with Crippen molar-refractivity contribution in [1.82, 2.24) is 4.98 Å². The van der Waals surface area contributed by atoms with Crippen LogP contribution in [-0.4, -0.2) is 4.98 Å². The van der Waals surface area contributed by atoms with Crippen molar-refractivity contribution in [2.24, 2.45) is 0 Å². The van der Waals surface area contributed by atoms with Crippen LogP contribution in [0.5, 0.6) is 0 Å². The number of aromatic nitrogens is 1. The normalized spacial score (nSPS) is 11.3. The number of rotatable bonds is 5. The van der Waals surface area contributed by atoms with Crippen molar-refractivity contribution >= 4 is 59.5 Å². The zero-order valence-corrected chi connectivity index (χ0v) is 23.6. The highest BCUT2D eigenvalue weighted by Crippen LogP contribution is 2.46. The summed E-state index contributed by atoms with van der Waals surface area (Å²) in [5.74, 6) is 0. The van der Waals surface area contributed by atoms with Gasteiger partial charge in [-0.15, -0.1) is 11.3 Å². The molecule has 0 N–H and O–H groups in total. The molecule has 42 heavy (non-hydrogen) atoms. The summed E-state index contributed by atoms with van der Waals surface area (Å²) in [5, 5.41) is 3.61. The summed E-state index contributed by atoms with van der Waals surface area (Å²) in [4.78, 5) is 7.30. The van der Waals surface area contributed by atoms with Gasteiger partial charge in [0.15, 0.2) is 0 Å². The summed E-state index contributed by atoms with van der Waals surface area (Å²) >= 11 is 1.83. The lowest BCUT2D eigenvalue weighted by molar-refractivity contribution is 1.30. The summed E-state index contributed by atoms with van der Waals surface area (Å²) in [6.45, 7) is 0. The summed E-state index contributed by atoms with van der Waals surface area (Å²) in [6, 6.07) is 54.0. The first-order valence-corrected chi connectivity index (χ1v) is 15.0. The SMILES string of the molecule is c1ccc(-c2ccc(N(c3ccc(-c4ccccc4)cc3)c3cccc4c3sc3c5ccccc5cnc43)cc2)cc1. The van der Waals surface area contributed by atoms with Crippen LogP contribution in [0.15, 0.2) is 158 Å². The summed E-state index contributed by atoms with van der Waals surface area (Å²) in [7, 11) is 0. The van der Waals surface area contributed by atoms with E-state index in [4.69, 9.17) is 4.98 Å². The van der Waals surface area contributed by atoms with Gasteiger partial charge in [-0.2, -0.15) is 0 Å². The number of nitrogens with zero attached hydrogens (tertiary/aromatic N) is 2. The monoisotopic (exact) mass is 554 g/mol. The van der Waals surface area contributed by atoms with Crippen LogP contribution in [-0.2, 0) is 0 Å². The molecular weight excluding hydrogens is 529 g/mol. The molecule has 2 nitrogen and oxygen atoms in total. The van der Waals surface area contributed by atoms with Crippen LogP contribution < -0.4 is 4.90 Å². The standard InChI is InChI=1S/C39H26N2S/c1-3-10-27(11-4-1)29-18-22-32(23-19-29)41(33-24-20-30(21-25-33)28-12-5-2-6-13-28)36-17-9-16-35-37-39(42-38(35)36)34-15-8-7-14-31(34)26-40-37/h1-26H. The minimum absolute atomic E-state index is 1.06. The first-order valence-electron chi connectivity index (χ1n) is 14.1. The second kappa shape index (κ2) is 10.3. The smallest absolute Gasteiger partial charge is 0.0895 e. The number of thiophene rings is 1. The number of fused-ring (bicyclic) bond motifs is 5. The molecule has 0 spiro atoms. The maximum absolute atomic E-state index is 4.93. The summed E-state index contributed by atoms with van der Waals surface area (Å²) in [5.41, 5.74) is 9.28. The maximum atomic E-state index is 4.93. The molecule has 2 heterocycles. The minimum atomic E-state index is 1.06. The molecule has 0 atom stereocenters. The third kappa shape index (κ3) is 4.23. The Morgan fingerprint density at radius 2 is 0.952 bits per heavy atom. The van der Waals surface area contributed by atoms with Gasteiger partial charge in [0.05, 0.1) is 20.6 Å². The van der Waals surface area contributed by atoms with Gasteiger partial charge in [0.25, 0.3) is 0 Å². The van der Waals surface area contributed by atoms with E-state index in [-0.39, 0.29) is 0 Å². The number of benzene rings is 6. The van der Waals surface area contributed by atoms with E-state index in [1.165, 1.54) is 47.8 Å². The molecule has 0 fully saturated rings. The molecule has 3 heteroatoms. The van der Waals surface area contributed by atoms with Crippen LogP contribution in [0.3, 0.4) is 0 Å². The molecule has 0 bridgehead atoms. The second-order valence-electron chi connectivity index (χ2n) is 10.4. The molecule has 0 saturated carbocycles. The van der Waals surface area contributed by atoms with Crippen molar-refractivity contribution in [1.29, 1.82) is 0 Å². The Labute approximate surface area is 248 Å². The van der Waals surface area contributed by atoms with Crippen LogP contribution >= 0.6 is 11.3 Å². The highest BCUT2D eigenvalue weighted by molar-refractivity contribution is 7.27. The van der Waals surface area contributed by atoms with Gasteiger partial charge in [0.2, 0.25) is 0 Å². The lowest BCUT2D eigenvalue weighted by Crippen LogP contribution is -2.10. The Balaban J connectivity index is 1.32. The van der Waals surface area contributed by atoms with Gasteiger partial charge >= 0.3 is 0 Å². The Hall–Kier alpha value is -5.25. The quantitative estimate of drug-likeness (QED) is 0.210. The van der Waals surface area contributed by atoms with Crippen LogP contribution in [0.2, 0.25) is 0 Å². The van der Waals surface area contributed by atoms with Gasteiger partial charge in [0.1, 0.15) is 0 Å². The second-order valence-corrected chi connectivity index (χ2v) is 11.5. The molecule has 8 rings (SSSR count). The number of pyridine rings is 1. The van der Waals surface area contributed by atoms with Crippen molar-refractivity contribution in [3.8, 4) is 22.3 Å². The molecule has 8 aromatic rings. The molecule has 0 aliphatic rings. The molecule has 198 valence electrons. The topological polar surface area (TPSA) is 16.1 Å².